The van der Waals surface area contributed by atoms with E-state index in [0.29, 0.717) is 61.8 Å². The molecule has 0 saturated carbocycles. The molecule has 17 nitrogen and oxygen atoms in total. The molecule has 3 spiro atoms. The van der Waals surface area contributed by atoms with Gasteiger partial charge in [0.05, 0.1) is 29.0 Å². The third-order valence-electron chi connectivity index (χ3n) is 15.1. The molecule has 6 aliphatic heterocycles. The second-order valence-corrected chi connectivity index (χ2v) is 23.9. The topological polar surface area (TPSA) is 274 Å². The van der Waals surface area contributed by atoms with Crippen LogP contribution in [0.15, 0.2) is 200 Å². The maximum absolute atomic E-state index is 12.8. The van der Waals surface area contributed by atoms with Crippen molar-refractivity contribution < 1.29 is 71.5 Å². The number of fused-ring (bicyclic) bond motifs is 16. The first-order valence-electron chi connectivity index (χ1n) is 25.9. The van der Waals surface area contributed by atoms with Gasteiger partial charge in [-0.25, -0.2) is 14.4 Å². The summed E-state index contributed by atoms with van der Waals surface area (Å²) in [4.78, 5) is 75.1. The molecule has 0 fully saturated rings. The van der Waals surface area contributed by atoms with Crippen molar-refractivity contribution in [2.75, 3.05) is 17.6 Å². The first-order valence-corrected chi connectivity index (χ1v) is 29.5. The van der Waals surface area contributed by atoms with Gasteiger partial charge in [0.1, 0.15) is 34.5 Å². The molecular formula is C65H54N2O15P2. The standard InChI is InChI=1S/C22H20O9P2.C22H16O3.C20H14N2O3.CH4/c1-2-16-19(8-5-11-32(24,25)26)30-20-12-14(13-33(27,28)29)9-10-18(20)22(16)17-7-4-3-6-15(17)21(23)31-22;1-13-7-9-17-19(11-13)24-20-12-14(2)8-10-18(20)22(17)16-6-4-3-5-15(16)21(23)25-22;21-11-5-7-15-17(9-11)24-18-10-12(22)6-8-16(18)20(15)14-4-2-1-3-13(14)19(23)25-20;/h2-10,12H,1,11,13H2,(H2,24,25,26)(H2,27,28,29);3-12H,1-2H3;1-10H,21-22H2;1H4/b8-5+;;;. The Bertz CT molecular complexity index is 4020. The summed E-state index contributed by atoms with van der Waals surface area (Å²) in [5, 5.41) is 0. The summed E-state index contributed by atoms with van der Waals surface area (Å²) in [6, 6.07) is 49.1. The predicted octanol–water partition coefficient (Wildman–Crippen LogP) is 12.3. The van der Waals surface area contributed by atoms with Crippen LogP contribution in [-0.2, 0) is 46.3 Å². The lowest BCUT2D eigenvalue weighted by atomic mass is 9.77. The number of carbonyl (C=O) groups excluding carboxylic acids is 3. The molecule has 6 aliphatic rings. The molecule has 6 heterocycles. The zero-order chi connectivity index (χ0) is 58.4. The Hall–Kier alpha value is -9.31. The molecule has 8 aromatic rings. The van der Waals surface area contributed by atoms with Crippen LogP contribution in [0.25, 0.3) is 0 Å². The van der Waals surface area contributed by atoms with Gasteiger partial charge in [-0.3, -0.25) is 9.13 Å². The van der Waals surface area contributed by atoms with Gasteiger partial charge in [0.2, 0.25) is 0 Å². The van der Waals surface area contributed by atoms with Gasteiger partial charge in [-0.05, 0) is 97.3 Å². The van der Waals surface area contributed by atoms with Gasteiger partial charge in [-0.1, -0.05) is 117 Å². The summed E-state index contributed by atoms with van der Waals surface area (Å²) in [5.74, 6) is 1.68. The molecule has 8 aromatic carbocycles. The summed E-state index contributed by atoms with van der Waals surface area (Å²) >= 11 is 0. The van der Waals surface area contributed by atoms with Crippen LogP contribution in [-0.4, -0.2) is 43.6 Å². The Kier molecular flexibility index (Phi) is 14.0. The Balaban J connectivity index is 0.000000132. The van der Waals surface area contributed by atoms with Crippen molar-refractivity contribution in [2.24, 2.45) is 0 Å². The summed E-state index contributed by atoms with van der Waals surface area (Å²) in [6.45, 7) is 7.88. The molecule has 0 aromatic heterocycles. The predicted molar refractivity (Wildman–Crippen MR) is 313 cm³/mol. The number of nitrogen functional groups attached to an aromatic ring is 2. The maximum Gasteiger partial charge on any atom is 0.340 e. The molecule has 1 atom stereocenters. The van der Waals surface area contributed by atoms with E-state index >= 15 is 0 Å². The molecule has 8 N–H and O–H groups in total. The number of allylic oxidation sites excluding steroid dienone is 2. The zero-order valence-corrected chi connectivity index (χ0v) is 46.1. The molecule has 0 amide bonds. The smallest absolute Gasteiger partial charge is 0.340 e. The van der Waals surface area contributed by atoms with Crippen LogP contribution in [0, 0.1) is 13.8 Å². The molecule has 0 radical (unpaired) electrons. The second kappa shape index (κ2) is 20.8. The molecule has 0 saturated heterocycles. The number of hydrogen-bond donors (Lipinski definition) is 6. The normalized spacial score (nSPS) is 17.2. The van der Waals surface area contributed by atoms with Crippen LogP contribution in [0.5, 0.6) is 28.7 Å². The highest BCUT2D eigenvalue weighted by Crippen LogP contribution is 2.59. The molecular weight excluding hydrogens is 1110 g/mol. The largest absolute Gasteiger partial charge is 0.456 e. The fourth-order valence-electron chi connectivity index (χ4n) is 11.7. The SMILES string of the molecule is C.C=CC1=C(/C=C/CP(=O)(O)O)Oc2cc(CP(=O)(O)O)ccc2C12OC(=O)c1ccccc12.Cc1ccc2c(c1)Oc1cc(C)ccc1C21OC(=O)c2ccccc21.Nc1ccc2c(c1)Oc1cc(N)ccc1C21OC(=O)c2ccccc21. The number of hydrogen-bond acceptors (Lipinski definition) is 13. The lowest BCUT2D eigenvalue weighted by Crippen LogP contribution is -2.34. The van der Waals surface area contributed by atoms with Crippen molar-refractivity contribution in [1.29, 1.82) is 0 Å². The number of anilines is 2. The third kappa shape index (κ3) is 9.37. The highest BCUT2D eigenvalue weighted by Gasteiger charge is 2.56. The van der Waals surface area contributed by atoms with Crippen molar-refractivity contribution in [2.45, 2.75) is 44.2 Å². The van der Waals surface area contributed by atoms with Crippen LogP contribution in [0.2, 0.25) is 0 Å². The quantitative estimate of drug-likeness (QED) is 0.0391. The van der Waals surface area contributed by atoms with Crippen LogP contribution in [0.1, 0.15) is 99.7 Å². The van der Waals surface area contributed by atoms with E-state index < -0.39 is 50.3 Å². The maximum atomic E-state index is 12.8. The first kappa shape index (κ1) is 56.5. The highest BCUT2D eigenvalue weighted by atomic mass is 31.2. The molecule has 424 valence electrons. The Morgan fingerprint density at radius 2 is 0.857 bits per heavy atom. The van der Waals surface area contributed by atoms with Crippen LogP contribution in [0.3, 0.4) is 0 Å². The zero-order valence-electron chi connectivity index (χ0n) is 44.3. The minimum atomic E-state index is -4.36. The molecule has 84 heavy (non-hydrogen) atoms. The number of esters is 3. The fourth-order valence-corrected chi connectivity index (χ4v) is 12.7. The Morgan fingerprint density at radius 3 is 1.30 bits per heavy atom. The van der Waals surface area contributed by atoms with Crippen LogP contribution < -0.4 is 25.7 Å². The van der Waals surface area contributed by atoms with Gasteiger partial charge in [0.25, 0.3) is 0 Å². The van der Waals surface area contributed by atoms with Crippen LogP contribution in [0.4, 0.5) is 11.4 Å². The van der Waals surface area contributed by atoms with Gasteiger partial charge < -0.3 is 59.5 Å². The molecule has 1 unspecified atom stereocenters. The Labute approximate surface area is 482 Å². The number of benzene rings is 8. The monoisotopic (exact) mass is 1160 g/mol. The summed E-state index contributed by atoms with van der Waals surface area (Å²) in [6.07, 6.45) is 2.97. The van der Waals surface area contributed by atoms with Gasteiger partial charge in [-0.2, -0.15) is 0 Å². The highest BCUT2D eigenvalue weighted by molar-refractivity contribution is 7.52. The molecule has 19 heteroatoms. The molecule has 0 bridgehead atoms. The minimum Gasteiger partial charge on any atom is -0.456 e. The van der Waals surface area contributed by atoms with Crippen molar-refractivity contribution >= 4 is 44.5 Å². The van der Waals surface area contributed by atoms with E-state index in [1.807, 2.05) is 105 Å². The number of carbonyl (C=O) groups is 3. The van der Waals surface area contributed by atoms with Crippen molar-refractivity contribution in [1.82, 2.24) is 0 Å². The number of rotatable bonds is 6. The molecule has 0 aliphatic carbocycles. The van der Waals surface area contributed by atoms with E-state index in [-0.39, 0.29) is 30.9 Å². The van der Waals surface area contributed by atoms with Crippen molar-refractivity contribution in [3.8, 4) is 28.7 Å². The lowest BCUT2D eigenvalue weighted by molar-refractivity contribution is 0.0209. The van der Waals surface area contributed by atoms with E-state index in [0.717, 1.165) is 56.0 Å². The van der Waals surface area contributed by atoms with E-state index in [1.165, 1.54) is 30.4 Å². The first-order chi connectivity index (χ1) is 39.6. The van der Waals surface area contributed by atoms with Gasteiger partial charge >= 0.3 is 33.1 Å². The van der Waals surface area contributed by atoms with E-state index in [1.54, 1.807) is 60.7 Å². The average Bonchev–Trinajstić information content (AvgIpc) is 1.54. The van der Waals surface area contributed by atoms with Crippen molar-refractivity contribution in [3.63, 3.8) is 0 Å². The average molecular weight is 1170 g/mol. The number of ether oxygens (including phenoxy) is 6. The number of aryl methyl sites for hydroxylation is 2. The number of nitrogens with two attached hydrogens (primary N) is 2. The summed E-state index contributed by atoms with van der Waals surface area (Å²) in [7, 11) is -8.68. The van der Waals surface area contributed by atoms with E-state index in [4.69, 9.17) is 39.9 Å². The van der Waals surface area contributed by atoms with Crippen LogP contribution >= 0.6 is 15.2 Å². The second-order valence-electron chi connectivity index (χ2n) is 20.6. The van der Waals surface area contributed by atoms with Gasteiger partial charge in [0, 0.05) is 73.6 Å². The molecule has 14 rings (SSSR count). The van der Waals surface area contributed by atoms with E-state index in [2.05, 4.69) is 6.58 Å². The summed E-state index contributed by atoms with van der Waals surface area (Å²) < 4.78 is 58.9. The summed E-state index contributed by atoms with van der Waals surface area (Å²) in [5.41, 5.74) is 19.7. The van der Waals surface area contributed by atoms with Gasteiger partial charge in [0.15, 0.2) is 16.8 Å². The minimum absolute atomic E-state index is 0. The Morgan fingerprint density at radius 1 is 0.476 bits per heavy atom. The third-order valence-corrected chi connectivity index (χ3v) is 16.5. The fraction of sp³-hybridized carbons (Fsp3) is 0.123. The van der Waals surface area contributed by atoms with Crippen molar-refractivity contribution in [3.05, 3.63) is 278 Å². The lowest BCUT2D eigenvalue weighted by Gasteiger charge is -2.37. The van der Waals surface area contributed by atoms with E-state index in [9.17, 15) is 43.1 Å². The van der Waals surface area contributed by atoms with Gasteiger partial charge in [-0.15, -0.1) is 0 Å².